The Kier molecular flexibility index (Phi) is 29.8. The normalized spacial score (nSPS) is 11.2. The van der Waals surface area contributed by atoms with Crippen LogP contribution in [0.25, 0.3) is 23.6 Å². The molecule has 0 atom stereocenters. The van der Waals surface area contributed by atoms with E-state index in [9.17, 15) is 0 Å². The van der Waals surface area contributed by atoms with E-state index in [1.54, 1.807) is 0 Å². The third-order valence-corrected chi connectivity index (χ3v) is 3.21. The minimum absolute atomic E-state index is 0. The molecular formula is C30H46Cl2N2Si2Ti2-2. The number of fused-ring (bicyclic) bond motifs is 2. The Morgan fingerprint density at radius 1 is 0.605 bits per heavy atom. The van der Waals surface area contributed by atoms with Gasteiger partial charge in [-0.05, 0) is 0 Å². The van der Waals surface area contributed by atoms with Crippen LogP contribution in [0.15, 0.2) is 48.5 Å². The number of rotatable bonds is 0. The van der Waals surface area contributed by atoms with Gasteiger partial charge >= 0.3 is 76.9 Å². The summed E-state index contributed by atoms with van der Waals surface area (Å²) in [6.07, 6.45) is 12.7. The van der Waals surface area contributed by atoms with Crippen LogP contribution in [0.2, 0.25) is 26.2 Å². The maximum absolute atomic E-state index is 6.94. The Hall–Kier alpha value is 0.282. The minimum atomic E-state index is -0.250. The molecule has 0 unspecified atom stereocenters. The zero-order valence-corrected chi connectivity index (χ0v) is 31.6. The van der Waals surface area contributed by atoms with Crippen molar-refractivity contribution in [3.63, 3.8) is 0 Å². The van der Waals surface area contributed by atoms with Crippen LogP contribution in [-0.4, -0.2) is 23.4 Å². The van der Waals surface area contributed by atoms with E-state index < -0.39 is 0 Å². The van der Waals surface area contributed by atoms with Crippen molar-refractivity contribution in [3.8, 4) is 0 Å². The van der Waals surface area contributed by atoms with Crippen LogP contribution in [0, 0.1) is 12.2 Å². The Labute approximate surface area is 271 Å². The maximum Gasteiger partial charge on any atom is -0.0650 e. The summed E-state index contributed by atoms with van der Waals surface area (Å²) in [5, 5.41) is 0. The summed E-state index contributed by atoms with van der Waals surface area (Å²) >= 11 is 4.54. The molecule has 2 aliphatic rings. The van der Waals surface area contributed by atoms with E-state index in [4.69, 9.17) is 11.5 Å². The molecule has 0 saturated carbocycles. The van der Waals surface area contributed by atoms with Crippen LogP contribution in [-0.2, 0) is 51.2 Å². The third-order valence-electron chi connectivity index (χ3n) is 3.21. The van der Waals surface area contributed by atoms with Crippen molar-refractivity contribution in [3.05, 3.63) is 94.4 Å². The molecule has 2 aromatic rings. The summed E-state index contributed by atoms with van der Waals surface area (Å²) in [4.78, 5) is 0. The van der Waals surface area contributed by atoms with E-state index >= 15 is 0 Å². The fraction of sp³-hybridized carbons (Fsp3) is 0.467. The van der Waals surface area contributed by atoms with Gasteiger partial charge < -0.3 is 36.3 Å². The fourth-order valence-electron chi connectivity index (χ4n) is 2.21. The van der Waals surface area contributed by atoms with Gasteiger partial charge in [0, 0.05) is 0 Å². The Bertz CT molecular complexity index is 881. The fourth-order valence-corrected chi connectivity index (χ4v) is 2.21. The molecule has 208 valence electrons. The molecule has 0 bridgehead atoms. The predicted octanol–water partition coefficient (Wildman–Crippen LogP) is 3.37. The maximum atomic E-state index is 6.94. The summed E-state index contributed by atoms with van der Waals surface area (Å²) in [5.74, 6) is 0. The van der Waals surface area contributed by atoms with E-state index in [0.29, 0.717) is 0 Å². The van der Waals surface area contributed by atoms with Gasteiger partial charge in [0.1, 0.15) is 0 Å². The number of benzene rings is 2. The summed E-state index contributed by atoms with van der Waals surface area (Å²) in [6, 6.07) is 16.8. The molecule has 2 aromatic carbocycles. The number of hydrogen-bond acceptors (Lipinski definition) is 0. The smallest absolute Gasteiger partial charge is 0.0650 e. The second-order valence-corrected chi connectivity index (χ2v) is 24.3. The van der Waals surface area contributed by atoms with Gasteiger partial charge in [-0.15, -0.1) is 47.2 Å². The molecule has 38 heavy (non-hydrogen) atoms. The average Bonchev–Trinajstić information content (AvgIpc) is 3.34. The van der Waals surface area contributed by atoms with Crippen molar-refractivity contribution in [2.75, 3.05) is 0 Å². The molecular weight excluding hydrogens is 611 g/mol. The van der Waals surface area contributed by atoms with Gasteiger partial charge in [-0.3, -0.25) is 12.2 Å². The van der Waals surface area contributed by atoms with E-state index in [-0.39, 0.29) is 48.3 Å². The second-order valence-electron chi connectivity index (χ2n) is 10.9. The van der Waals surface area contributed by atoms with E-state index in [1.165, 1.54) is 22.3 Å². The van der Waals surface area contributed by atoms with Crippen LogP contribution >= 0.6 is 0 Å². The largest absolute Gasteiger partial charge is 1.00 e. The van der Waals surface area contributed by atoms with E-state index in [1.807, 2.05) is 41.5 Å². The molecule has 4 rings (SSSR count). The summed E-state index contributed by atoms with van der Waals surface area (Å²) in [6.45, 7) is 20.2. The number of allylic oxidation sites excluding steroid dienone is 2. The summed E-state index contributed by atoms with van der Waals surface area (Å²) in [7, 11) is 0. The van der Waals surface area contributed by atoms with Crippen LogP contribution < -0.4 is 24.8 Å². The number of halogens is 2. The van der Waals surface area contributed by atoms with Gasteiger partial charge in [-0.25, -0.2) is 12.2 Å². The monoisotopic (exact) mass is 656 g/mol. The van der Waals surface area contributed by atoms with Gasteiger partial charge in [0.15, 0.2) is 0 Å². The van der Waals surface area contributed by atoms with Gasteiger partial charge in [0.05, 0.1) is 0 Å². The molecule has 0 saturated heterocycles. The number of nitrogens with one attached hydrogen (secondary N) is 2. The molecule has 8 heteroatoms. The van der Waals surface area contributed by atoms with E-state index in [0.717, 1.165) is 12.8 Å². The molecule has 2 N–H and O–H groups in total. The minimum Gasteiger partial charge on any atom is -1.00 e. The average molecular weight is 658 g/mol. The molecule has 0 aromatic heterocycles. The first-order valence-electron chi connectivity index (χ1n) is 12.2. The van der Waals surface area contributed by atoms with Gasteiger partial charge in [0.25, 0.3) is 0 Å². The number of hydrogen-bond donors (Lipinski definition) is 0. The Morgan fingerprint density at radius 2 is 0.816 bits per heavy atom. The van der Waals surface area contributed by atoms with Crippen LogP contribution in [0.4, 0.5) is 0 Å². The van der Waals surface area contributed by atoms with Gasteiger partial charge in [-0.2, -0.15) is 11.1 Å². The van der Waals surface area contributed by atoms with Crippen molar-refractivity contribution in [2.45, 2.75) is 91.6 Å². The molecule has 0 fully saturated rings. The van der Waals surface area contributed by atoms with Crippen LogP contribution in [0.3, 0.4) is 0 Å². The molecule has 0 aliphatic heterocycles. The van der Waals surface area contributed by atoms with Crippen molar-refractivity contribution in [2.24, 2.45) is 0 Å². The molecule has 0 radical (unpaired) electrons. The van der Waals surface area contributed by atoms with Crippen molar-refractivity contribution < 1.29 is 63.2 Å². The standard InChI is InChI=1S/2C9H7.2C4H10N.2C2H6Si.2ClH.2Ti/c2*1-2-5-9-7-3-6-8(9)4-1;2*1-4(2,3)5;2*1-3-2;;;;/h2*1-2,4-6H,7H2;2*5H,1-3H3;2*1-2H3;2*1H;;/q4*-1;;;;;2*+2/p-2. The van der Waals surface area contributed by atoms with Crippen LogP contribution in [0.5, 0.6) is 0 Å². The van der Waals surface area contributed by atoms with Gasteiger partial charge in [-0.1, -0.05) is 77.9 Å². The second kappa shape index (κ2) is 25.0. The molecule has 0 amide bonds. The van der Waals surface area contributed by atoms with Gasteiger partial charge in [0.2, 0.25) is 0 Å². The Balaban J connectivity index is -0.000000188. The zero-order chi connectivity index (χ0) is 28.4. The Morgan fingerprint density at radius 3 is 1.03 bits per heavy atom. The molecule has 0 spiro atoms. The quantitative estimate of drug-likeness (QED) is 0.309. The predicted molar refractivity (Wildman–Crippen MR) is 159 cm³/mol. The first-order valence-corrected chi connectivity index (χ1v) is 21.9. The zero-order valence-electron chi connectivity index (χ0n) is 24.9. The van der Waals surface area contributed by atoms with E-state index in [2.05, 4.69) is 137 Å². The first kappa shape index (κ1) is 45.3. The molecule has 2 aliphatic carbocycles. The van der Waals surface area contributed by atoms with Crippen molar-refractivity contribution >= 4 is 24.5 Å². The summed E-state index contributed by atoms with van der Waals surface area (Å²) in [5.41, 5.74) is 18.8. The first-order chi connectivity index (χ1) is 16.4. The van der Waals surface area contributed by atoms with Crippen LogP contribution in [0.1, 0.15) is 63.8 Å². The van der Waals surface area contributed by atoms with Crippen molar-refractivity contribution in [1.82, 2.24) is 0 Å². The molecule has 2 nitrogen and oxygen atoms in total. The topological polar surface area (TPSA) is 47.6 Å². The SMILES string of the molecule is CC(C)(C)[NH-].CC(C)(C)[NH-].C[Si](C)=[Ti+2].C[Si](C)=[Ti+2].[C-]1=Cc2ccccc2C1.[C-]1=Cc2ccccc2C1.[Cl-].[Cl-]. The third kappa shape index (κ3) is 38.4. The summed E-state index contributed by atoms with van der Waals surface area (Å²) < 4.78 is 0. The molecule has 0 heterocycles. The van der Waals surface area contributed by atoms with Crippen molar-refractivity contribution in [1.29, 1.82) is 0 Å².